The quantitative estimate of drug-likeness (QED) is 0.550. The molecule has 1 rings (SSSR count). The van der Waals surface area contributed by atoms with Crippen molar-refractivity contribution < 1.29 is 8.42 Å². The highest BCUT2D eigenvalue weighted by Gasteiger charge is 2.28. The first-order chi connectivity index (χ1) is 6.54. The van der Waals surface area contributed by atoms with Gasteiger partial charge >= 0.3 is 0 Å². The van der Waals surface area contributed by atoms with Gasteiger partial charge in [-0.1, -0.05) is 6.42 Å². The van der Waals surface area contributed by atoms with Gasteiger partial charge in [-0.25, -0.2) is 13.4 Å². The molecule has 5 heteroatoms. The highest BCUT2D eigenvalue weighted by Crippen LogP contribution is 2.28. The van der Waals surface area contributed by atoms with Gasteiger partial charge in [-0.15, -0.1) is 0 Å². The standard InChI is InChI=1S/C9H15NO2S2/c1-14(11,12)9-4-2-3-8(5-9)6-10-7-13/h8-9H,2-6H2,1H3/t8-,9+/m1/s1. The molecule has 0 bridgehead atoms. The second kappa shape index (κ2) is 5.01. The molecule has 0 aromatic rings. The lowest BCUT2D eigenvalue weighted by Gasteiger charge is -2.26. The van der Waals surface area contributed by atoms with Gasteiger partial charge in [-0.2, -0.15) is 0 Å². The molecule has 0 N–H and O–H groups in total. The normalized spacial score (nSPS) is 28.1. The van der Waals surface area contributed by atoms with E-state index < -0.39 is 9.84 Å². The summed E-state index contributed by atoms with van der Waals surface area (Å²) in [6, 6.07) is 0. The van der Waals surface area contributed by atoms with Crippen LogP contribution in [0.5, 0.6) is 0 Å². The molecule has 14 heavy (non-hydrogen) atoms. The van der Waals surface area contributed by atoms with Crippen LogP contribution in [0.2, 0.25) is 0 Å². The molecule has 1 fully saturated rings. The lowest BCUT2D eigenvalue weighted by atomic mass is 9.89. The van der Waals surface area contributed by atoms with Crippen LogP contribution in [-0.4, -0.2) is 31.6 Å². The van der Waals surface area contributed by atoms with Gasteiger partial charge in [0.25, 0.3) is 0 Å². The third-order valence-electron chi connectivity index (χ3n) is 2.75. The Morgan fingerprint density at radius 3 is 2.79 bits per heavy atom. The summed E-state index contributed by atoms with van der Waals surface area (Å²) in [4.78, 5) is 3.88. The fourth-order valence-electron chi connectivity index (χ4n) is 1.96. The van der Waals surface area contributed by atoms with E-state index in [0.717, 1.165) is 25.7 Å². The lowest BCUT2D eigenvalue weighted by Crippen LogP contribution is -2.28. The van der Waals surface area contributed by atoms with Crippen LogP contribution in [0.25, 0.3) is 0 Å². The minimum Gasteiger partial charge on any atom is -0.232 e. The summed E-state index contributed by atoms with van der Waals surface area (Å²) in [6.45, 7) is 0.634. The summed E-state index contributed by atoms with van der Waals surface area (Å²) in [6.07, 6.45) is 4.90. The van der Waals surface area contributed by atoms with Crippen molar-refractivity contribution in [2.75, 3.05) is 12.8 Å². The Hall–Kier alpha value is -0.250. The first-order valence-electron chi connectivity index (χ1n) is 4.76. The van der Waals surface area contributed by atoms with E-state index in [9.17, 15) is 8.42 Å². The summed E-state index contributed by atoms with van der Waals surface area (Å²) in [5, 5.41) is 2.16. The molecule has 0 saturated heterocycles. The average molecular weight is 233 g/mol. The molecule has 3 nitrogen and oxygen atoms in total. The third kappa shape index (κ3) is 3.48. The SMILES string of the molecule is CS(=O)(=O)[C@H]1CCC[C@@H](CN=C=S)C1. The summed E-state index contributed by atoms with van der Waals surface area (Å²) in [5.74, 6) is 0.374. The van der Waals surface area contributed by atoms with Crippen molar-refractivity contribution in [3.63, 3.8) is 0 Å². The van der Waals surface area contributed by atoms with Crippen molar-refractivity contribution in [1.82, 2.24) is 0 Å². The fourth-order valence-corrected chi connectivity index (χ4v) is 3.25. The van der Waals surface area contributed by atoms with E-state index in [1.54, 1.807) is 0 Å². The topological polar surface area (TPSA) is 46.5 Å². The van der Waals surface area contributed by atoms with Crippen LogP contribution in [0.3, 0.4) is 0 Å². The average Bonchev–Trinajstić information content (AvgIpc) is 2.14. The van der Waals surface area contributed by atoms with Crippen molar-refractivity contribution in [2.24, 2.45) is 10.9 Å². The first-order valence-corrected chi connectivity index (χ1v) is 7.13. The van der Waals surface area contributed by atoms with Gasteiger partial charge in [0.1, 0.15) is 9.84 Å². The van der Waals surface area contributed by atoms with Gasteiger partial charge in [0.15, 0.2) is 0 Å². The first kappa shape index (κ1) is 11.8. The lowest BCUT2D eigenvalue weighted by molar-refractivity contribution is 0.366. The predicted molar refractivity (Wildman–Crippen MR) is 60.5 cm³/mol. The fraction of sp³-hybridized carbons (Fsp3) is 0.889. The van der Waals surface area contributed by atoms with Gasteiger partial charge in [0, 0.05) is 6.26 Å². The maximum atomic E-state index is 11.3. The zero-order chi connectivity index (χ0) is 10.6. The monoisotopic (exact) mass is 233 g/mol. The summed E-state index contributed by atoms with van der Waals surface area (Å²) in [7, 11) is -2.87. The van der Waals surface area contributed by atoms with Crippen molar-refractivity contribution in [3.8, 4) is 0 Å². The van der Waals surface area contributed by atoms with Crippen LogP contribution in [0.1, 0.15) is 25.7 Å². The predicted octanol–water partition coefficient (Wildman–Crippen LogP) is 1.69. The van der Waals surface area contributed by atoms with Crippen LogP contribution in [-0.2, 0) is 9.84 Å². The van der Waals surface area contributed by atoms with E-state index in [1.165, 1.54) is 6.26 Å². The molecule has 0 aromatic carbocycles. The molecule has 0 heterocycles. The van der Waals surface area contributed by atoms with Gasteiger partial charge in [0.05, 0.1) is 17.0 Å². The molecule has 0 spiro atoms. The summed E-state index contributed by atoms with van der Waals surface area (Å²) >= 11 is 4.49. The Bertz CT molecular complexity index is 331. The Morgan fingerprint density at radius 1 is 1.50 bits per heavy atom. The second-order valence-electron chi connectivity index (χ2n) is 3.92. The zero-order valence-electron chi connectivity index (χ0n) is 8.27. The van der Waals surface area contributed by atoms with E-state index in [2.05, 4.69) is 22.4 Å². The van der Waals surface area contributed by atoms with Crippen molar-refractivity contribution in [3.05, 3.63) is 0 Å². The molecule has 80 valence electrons. The summed E-state index contributed by atoms with van der Waals surface area (Å²) < 4.78 is 22.7. The highest BCUT2D eigenvalue weighted by atomic mass is 32.2. The number of isothiocyanates is 1. The van der Waals surface area contributed by atoms with Gasteiger partial charge < -0.3 is 0 Å². The van der Waals surface area contributed by atoms with E-state index in [1.807, 2.05) is 0 Å². The van der Waals surface area contributed by atoms with Gasteiger partial charge in [-0.05, 0) is 37.4 Å². The zero-order valence-corrected chi connectivity index (χ0v) is 9.90. The Kier molecular flexibility index (Phi) is 4.23. The Labute approximate surface area is 90.5 Å². The van der Waals surface area contributed by atoms with Crippen LogP contribution in [0.15, 0.2) is 4.99 Å². The van der Waals surface area contributed by atoms with E-state index in [4.69, 9.17) is 0 Å². The molecule has 1 aliphatic carbocycles. The Balaban J connectivity index is 2.56. The minimum absolute atomic E-state index is 0.165. The third-order valence-corrected chi connectivity index (χ3v) is 4.52. The molecule has 0 aromatic heterocycles. The molecule has 1 aliphatic rings. The van der Waals surface area contributed by atoms with E-state index in [-0.39, 0.29) is 5.25 Å². The van der Waals surface area contributed by atoms with Crippen LogP contribution in [0.4, 0.5) is 0 Å². The van der Waals surface area contributed by atoms with E-state index >= 15 is 0 Å². The molecule has 0 aliphatic heterocycles. The number of hydrogen-bond acceptors (Lipinski definition) is 4. The maximum Gasteiger partial charge on any atom is 0.150 e. The largest absolute Gasteiger partial charge is 0.232 e. The van der Waals surface area contributed by atoms with Crippen molar-refractivity contribution in [1.29, 1.82) is 0 Å². The molecule has 0 amide bonds. The number of nitrogens with zero attached hydrogens (tertiary/aromatic N) is 1. The maximum absolute atomic E-state index is 11.3. The van der Waals surface area contributed by atoms with Gasteiger partial charge in [-0.3, -0.25) is 0 Å². The number of hydrogen-bond donors (Lipinski definition) is 0. The van der Waals surface area contributed by atoms with Crippen molar-refractivity contribution in [2.45, 2.75) is 30.9 Å². The second-order valence-corrected chi connectivity index (χ2v) is 6.42. The number of aliphatic imine (C=N–C) groups is 1. The van der Waals surface area contributed by atoms with Crippen molar-refractivity contribution >= 4 is 27.2 Å². The van der Waals surface area contributed by atoms with E-state index in [0.29, 0.717) is 12.5 Å². The molecular weight excluding hydrogens is 218 g/mol. The van der Waals surface area contributed by atoms with Crippen LogP contribution >= 0.6 is 12.2 Å². The molecule has 2 atom stereocenters. The molecule has 0 unspecified atom stereocenters. The Morgan fingerprint density at radius 2 is 2.21 bits per heavy atom. The summed E-state index contributed by atoms with van der Waals surface area (Å²) in [5.41, 5.74) is 0. The van der Waals surface area contributed by atoms with Crippen LogP contribution < -0.4 is 0 Å². The minimum atomic E-state index is -2.87. The number of sulfone groups is 1. The molecular formula is C9H15NO2S2. The number of rotatable bonds is 3. The van der Waals surface area contributed by atoms with Crippen LogP contribution in [0, 0.1) is 5.92 Å². The highest BCUT2D eigenvalue weighted by molar-refractivity contribution is 7.91. The smallest absolute Gasteiger partial charge is 0.150 e. The number of thiocarbonyl (C=S) groups is 1. The van der Waals surface area contributed by atoms with Gasteiger partial charge in [0.2, 0.25) is 0 Å². The molecule has 1 saturated carbocycles. The molecule has 0 radical (unpaired) electrons.